The van der Waals surface area contributed by atoms with Gasteiger partial charge in [-0.05, 0) is 18.6 Å². The number of nitrogens with zero attached hydrogens (tertiary/aromatic N) is 5. The molecule has 1 aromatic heterocycles. The molecule has 0 bridgehead atoms. The summed E-state index contributed by atoms with van der Waals surface area (Å²) in [6.07, 6.45) is 1.69. The third-order valence-corrected chi connectivity index (χ3v) is 5.19. The molecule has 3 atom stereocenters. The zero-order valence-electron chi connectivity index (χ0n) is 16.6. The number of alkyl halides is 1. The van der Waals surface area contributed by atoms with E-state index in [4.69, 9.17) is 11.0 Å². The first-order chi connectivity index (χ1) is 13.6. The molecule has 3 rings (SSSR count). The number of rotatable bonds is 3. The van der Waals surface area contributed by atoms with Gasteiger partial charge in [0.2, 0.25) is 5.91 Å². The Kier molecular flexibility index (Phi) is 5.00. The number of halogens is 1. The maximum Gasteiger partial charge on any atom is 0.273 e. The lowest BCUT2D eigenvalue weighted by Crippen LogP contribution is -2.51. The highest BCUT2D eigenvalue weighted by Gasteiger charge is 2.43. The first kappa shape index (κ1) is 20.3. The van der Waals surface area contributed by atoms with E-state index >= 15 is 4.39 Å². The summed E-state index contributed by atoms with van der Waals surface area (Å²) in [5.74, 6) is -1.28. The molecule has 0 saturated carbocycles. The molecule has 2 heterocycles. The zero-order chi connectivity index (χ0) is 21.5. The molecule has 29 heavy (non-hydrogen) atoms. The number of aromatic nitrogens is 2. The largest absolute Gasteiger partial charge is 0.369 e. The second-order valence-corrected chi connectivity index (χ2v) is 7.46. The Morgan fingerprint density at radius 2 is 2.17 bits per heavy atom. The molecule has 152 valence electrons. The predicted octanol–water partition coefficient (Wildman–Crippen LogP) is 0.755. The third kappa shape index (κ3) is 3.63. The van der Waals surface area contributed by atoms with Gasteiger partial charge in [-0.15, -0.1) is 0 Å². The van der Waals surface area contributed by atoms with E-state index in [0.717, 1.165) is 0 Å². The molecular weight excluding hydrogens is 377 g/mol. The first-order valence-corrected chi connectivity index (χ1v) is 9.01. The van der Waals surface area contributed by atoms with Crippen LogP contribution in [0.2, 0.25) is 0 Å². The van der Waals surface area contributed by atoms with Crippen LogP contribution in [0.3, 0.4) is 0 Å². The van der Waals surface area contributed by atoms with Gasteiger partial charge >= 0.3 is 0 Å². The number of aliphatic imine (C=N–C) groups is 1. The highest BCUT2D eigenvalue weighted by molar-refractivity contribution is 5.99. The van der Waals surface area contributed by atoms with Crippen molar-refractivity contribution in [2.45, 2.75) is 32.0 Å². The van der Waals surface area contributed by atoms with Crippen LogP contribution in [0, 0.1) is 17.2 Å². The smallest absolute Gasteiger partial charge is 0.273 e. The number of nitriles is 1. The fourth-order valence-electron chi connectivity index (χ4n) is 3.48. The second kappa shape index (κ2) is 7.16. The van der Waals surface area contributed by atoms with Crippen LogP contribution in [-0.2, 0) is 11.8 Å². The lowest BCUT2D eigenvalue weighted by Gasteiger charge is -2.38. The van der Waals surface area contributed by atoms with Gasteiger partial charge in [0, 0.05) is 31.8 Å². The van der Waals surface area contributed by atoms with Crippen LogP contribution in [0.25, 0.3) is 0 Å². The zero-order valence-corrected chi connectivity index (χ0v) is 16.6. The minimum atomic E-state index is -1.38. The summed E-state index contributed by atoms with van der Waals surface area (Å²) >= 11 is 0. The van der Waals surface area contributed by atoms with Crippen LogP contribution < -0.4 is 11.1 Å². The van der Waals surface area contributed by atoms with Gasteiger partial charge in [0.25, 0.3) is 5.91 Å². The number of hydrogen-bond donors (Lipinski definition) is 2. The monoisotopic (exact) mass is 399 g/mol. The lowest BCUT2D eigenvalue weighted by molar-refractivity contribution is -0.128. The number of nitrogens with two attached hydrogens (primary N) is 1. The molecule has 3 N–H and O–H groups in total. The normalized spacial score (nSPS) is 27.0. The maximum atomic E-state index is 15.1. The number of allylic oxidation sites excluding steroid dienone is 2. The minimum absolute atomic E-state index is 0.0172. The number of hydrogen-bond acceptors (Lipinski definition) is 6. The molecule has 1 aliphatic heterocycles. The van der Waals surface area contributed by atoms with E-state index in [1.165, 1.54) is 28.8 Å². The van der Waals surface area contributed by atoms with Crippen molar-refractivity contribution in [3.63, 3.8) is 0 Å². The van der Waals surface area contributed by atoms with Crippen molar-refractivity contribution in [3.8, 4) is 6.07 Å². The van der Waals surface area contributed by atoms with E-state index in [1.54, 1.807) is 27.0 Å². The van der Waals surface area contributed by atoms with Crippen molar-refractivity contribution >= 4 is 17.8 Å². The average molecular weight is 399 g/mol. The highest BCUT2D eigenvalue weighted by atomic mass is 19.1. The van der Waals surface area contributed by atoms with Crippen LogP contribution in [0.1, 0.15) is 36.5 Å². The van der Waals surface area contributed by atoms with Crippen LogP contribution in [-0.4, -0.2) is 51.2 Å². The standard InChI is InChI=1S/C19H22FN7O2/c1-10-5-11(23-17(29)14-7-12(9-21)25-27(14)4)6-13(16(10)20)19(2)8-15(28)26(3)18(22)24-19/h5-7,10,16H,8H2,1-4H3,(H2,22,24)(H,23,29). The van der Waals surface area contributed by atoms with Crippen molar-refractivity contribution in [1.29, 1.82) is 5.26 Å². The quantitative estimate of drug-likeness (QED) is 0.775. The van der Waals surface area contributed by atoms with Crippen LogP contribution in [0.5, 0.6) is 0 Å². The Morgan fingerprint density at radius 3 is 2.76 bits per heavy atom. The Bertz CT molecular complexity index is 1020. The molecule has 0 spiro atoms. The molecule has 0 radical (unpaired) electrons. The van der Waals surface area contributed by atoms with Crippen LogP contribution >= 0.6 is 0 Å². The molecule has 2 amide bonds. The molecule has 0 fully saturated rings. The Morgan fingerprint density at radius 1 is 1.48 bits per heavy atom. The second-order valence-electron chi connectivity index (χ2n) is 7.46. The molecule has 3 unspecified atom stereocenters. The third-order valence-electron chi connectivity index (χ3n) is 5.19. The van der Waals surface area contributed by atoms with E-state index in [-0.39, 0.29) is 35.2 Å². The van der Waals surface area contributed by atoms with Gasteiger partial charge < -0.3 is 11.1 Å². The van der Waals surface area contributed by atoms with Gasteiger partial charge in [-0.2, -0.15) is 10.4 Å². The average Bonchev–Trinajstić information content (AvgIpc) is 3.03. The van der Waals surface area contributed by atoms with Gasteiger partial charge in [0.05, 0.1) is 12.0 Å². The molecule has 0 saturated heterocycles. The SMILES string of the molecule is CC1C=C(NC(=O)c2cc(C#N)nn2C)C=C(C2(C)CC(=O)N(C)C(N)=N2)C1F. The summed E-state index contributed by atoms with van der Waals surface area (Å²) in [7, 11) is 3.07. The molecule has 0 aromatic carbocycles. The van der Waals surface area contributed by atoms with Gasteiger partial charge in [0.1, 0.15) is 17.9 Å². The summed E-state index contributed by atoms with van der Waals surface area (Å²) in [6.45, 7) is 3.33. The van der Waals surface area contributed by atoms with Crippen molar-refractivity contribution in [1.82, 2.24) is 20.0 Å². The van der Waals surface area contributed by atoms with Gasteiger partial charge in [0.15, 0.2) is 11.7 Å². The minimum Gasteiger partial charge on any atom is -0.369 e. The fourth-order valence-corrected chi connectivity index (χ4v) is 3.48. The summed E-state index contributed by atoms with van der Waals surface area (Å²) in [5.41, 5.74) is 5.65. The number of nitrogens with one attached hydrogen (secondary N) is 1. The molecule has 10 heteroatoms. The predicted molar refractivity (Wildman–Crippen MR) is 103 cm³/mol. The summed E-state index contributed by atoms with van der Waals surface area (Å²) in [6, 6.07) is 3.24. The highest BCUT2D eigenvalue weighted by Crippen LogP contribution is 2.38. The Labute approximate surface area is 167 Å². The number of aryl methyl sites for hydroxylation is 1. The van der Waals surface area contributed by atoms with Gasteiger partial charge in [-0.1, -0.05) is 13.0 Å². The summed E-state index contributed by atoms with van der Waals surface area (Å²) in [4.78, 5) is 30.5. The van der Waals surface area contributed by atoms with Crippen molar-refractivity contribution < 1.29 is 14.0 Å². The van der Waals surface area contributed by atoms with Crippen molar-refractivity contribution in [2.75, 3.05) is 7.05 Å². The molecule has 1 aliphatic carbocycles. The summed E-state index contributed by atoms with van der Waals surface area (Å²) in [5, 5.41) is 15.6. The first-order valence-electron chi connectivity index (χ1n) is 9.01. The van der Waals surface area contributed by atoms with Gasteiger partial charge in [-0.3, -0.25) is 19.2 Å². The van der Waals surface area contributed by atoms with Crippen molar-refractivity contribution in [2.24, 2.45) is 23.7 Å². The van der Waals surface area contributed by atoms with E-state index in [2.05, 4.69) is 15.4 Å². The van der Waals surface area contributed by atoms with Crippen LogP contribution in [0.4, 0.5) is 4.39 Å². The Hall–Kier alpha value is -3.48. The number of amides is 2. The number of guanidine groups is 1. The maximum absolute atomic E-state index is 15.1. The van der Waals surface area contributed by atoms with E-state index in [1.807, 2.05) is 6.07 Å². The lowest BCUT2D eigenvalue weighted by atomic mass is 9.78. The topological polar surface area (TPSA) is 129 Å². The molecular formula is C19H22FN7O2. The van der Waals surface area contributed by atoms with E-state index in [0.29, 0.717) is 5.70 Å². The van der Waals surface area contributed by atoms with Crippen molar-refractivity contribution in [3.05, 3.63) is 40.9 Å². The Balaban J connectivity index is 1.93. The van der Waals surface area contributed by atoms with E-state index in [9.17, 15) is 9.59 Å². The molecule has 1 aromatic rings. The van der Waals surface area contributed by atoms with Gasteiger partial charge in [-0.25, -0.2) is 9.38 Å². The number of carbonyl (C=O) groups is 2. The molecule has 2 aliphatic rings. The van der Waals surface area contributed by atoms with E-state index < -0.39 is 23.5 Å². The van der Waals surface area contributed by atoms with Crippen LogP contribution in [0.15, 0.2) is 34.5 Å². The molecule has 9 nitrogen and oxygen atoms in total. The summed E-state index contributed by atoms with van der Waals surface area (Å²) < 4.78 is 16.4. The fraction of sp³-hybridized carbons (Fsp3) is 0.421. The number of carbonyl (C=O) groups excluding carboxylic acids is 2.